The van der Waals surface area contributed by atoms with Gasteiger partial charge in [0.1, 0.15) is 16.5 Å². The lowest BCUT2D eigenvalue weighted by molar-refractivity contribution is 0.0713. The number of allylic oxidation sites excluding steroid dienone is 1. The second kappa shape index (κ2) is 39.0. The van der Waals surface area contributed by atoms with Crippen molar-refractivity contribution in [2.24, 2.45) is 0 Å². The number of halogens is 2. The molecular formula is C80H115F2NO11S3. The zero-order chi connectivity index (χ0) is 74.1. The summed E-state index contributed by atoms with van der Waals surface area (Å²) in [5.74, 6) is 7.44. The van der Waals surface area contributed by atoms with Crippen LogP contribution in [0, 0.1) is 6.92 Å². The number of thiophene rings is 1. The number of aliphatic hydroxyl groups is 1. The van der Waals surface area contributed by atoms with Gasteiger partial charge in [-0.2, -0.15) is 17.2 Å². The van der Waals surface area contributed by atoms with Gasteiger partial charge in [-0.15, -0.1) is 11.3 Å². The van der Waals surface area contributed by atoms with Crippen LogP contribution in [0.15, 0.2) is 156 Å². The summed E-state index contributed by atoms with van der Waals surface area (Å²) in [5.41, 5.74) is 10.9. The maximum absolute atomic E-state index is 12.7. The van der Waals surface area contributed by atoms with E-state index in [4.69, 9.17) is 23.7 Å². The van der Waals surface area contributed by atoms with Crippen LogP contribution in [-0.4, -0.2) is 67.3 Å². The maximum Gasteiger partial charge on any atom is 0.377 e. The predicted octanol–water partition coefficient (Wildman–Crippen LogP) is 22.1. The minimum atomic E-state index is -4.92. The lowest BCUT2D eigenvalue weighted by atomic mass is 9.85. The maximum atomic E-state index is 12.7. The second-order valence-electron chi connectivity index (χ2n) is 27.8. The Labute approximate surface area is 588 Å². The fourth-order valence-corrected chi connectivity index (χ4v) is 11.7. The first-order chi connectivity index (χ1) is 44.8. The summed E-state index contributed by atoms with van der Waals surface area (Å²) in [6.07, 6.45) is 1.93. The average molecular weight is 1400 g/mol. The SMILES string of the molecule is C=C(C)Oc1ccc(C(C)C)cc1OC.CC(C)c1ccc(OS(=O)(=O)C(C)(F)F)cc1.CC(C)c1ccc(S(=O)(=O)N(C)c2cccs2)cc1.COc1cc(C(C)C)ccc1C(C)(C)C.COc1ccc(C(C)C)cc1OC(C)C.Cc1cc(C(C)C)ccc1CCC(C)(C)O. The number of methoxy groups -OCH3 is 3. The number of hydrogen-bond acceptors (Lipinski definition) is 12. The summed E-state index contributed by atoms with van der Waals surface area (Å²) in [7, 11) is -1.74. The third-order valence-electron chi connectivity index (χ3n) is 15.3. The molecule has 0 aliphatic heterocycles. The highest BCUT2D eigenvalue weighted by atomic mass is 32.2. The molecule has 0 atom stereocenters. The Morgan fingerprint density at radius 1 is 0.546 bits per heavy atom. The first kappa shape index (κ1) is 86.2. The average Bonchev–Trinajstić information content (AvgIpc) is 1.71. The largest absolute Gasteiger partial charge is 0.496 e. The second-order valence-corrected chi connectivity index (χ2v) is 32.5. The molecule has 1 heterocycles. The Morgan fingerprint density at radius 3 is 1.35 bits per heavy atom. The van der Waals surface area contributed by atoms with E-state index in [-0.39, 0.29) is 30.1 Å². The van der Waals surface area contributed by atoms with Gasteiger partial charge in [-0.25, -0.2) is 8.42 Å². The van der Waals surface area contributed by atoms with Crippen molar-refractivity contribution in [2.75, 3.05) is 32.7 Å². The molecule has 0 radical (unpaired) electrons. The highest BCUT2D eigenvalue weighted by Crippen LogP contribution is 2.36. The molecule has 0 saturated carbocycles. The number of alkyl halides is 2. The quantitative estimate of drug-likeness (QED) is 0.0511. The summed E-state index contributed by atoms with van der Waals surface area (Å²) in [6, 6.07) is 42.0. The van der Waals surface area contributed by atoms with Gasteiger partial charge in [0.15, 0.2) is 23.0 Å². The Kier molecular flexibility index (Phi) is 34.7. The summed E-state index contributed by atoms with van der Waals surface area (Å²) in [5, 5.41) is 8.38. The molecule has 0 fully saturated rings. The molecule has 0 aliphatic carbocycles. The minimum absolute atomic E-state index is 0.115. The van der Waals surface area contributed by atoms with Crippen LogP contribution in [0.2, 0.25) is 0 Å². The van der Waals surface area contributed by atoms with E-state index in [9.17, 15) is 30.7 Å². The van der Waals surface area contributed by atoms with Crippen molar-refractivity contribution in [1.29, 1.82) is 0 Å². The van der Waals surface area contributed by atoms with Gasteiger partial charge >= 0.3 is 15.4 Å². The molecule has 12 nitrogen and oxygen atoms in total. The van der Waals surface area contributed by atoms with E-state index in [0.29, 0.717) is 45.2 Å². The van der Waals surface area contributed by atoms with Crippen LogP contribution in [0.4, 0.5) is 13.8 Å². The number of rotatable bonds is 22. The van der Waals surface area contributed by atoms with Gasteiger partial charge in [-0.1, -0.05) is 177 Å². The molecule has 0 saturated heterocycles. The standard InChI is InChI=1S/C15H24O.C14H17NO2S2.C14H22O.C13H18O2.C13H20O2.C11H14F2O3S/c1-11(2)14-7-6-13(12(3)10-14)8-9-15(4,5)16;1-11(2)12-6-8-13(9-7-12)19(16,17)15(3)14-5-4-10-18-14;1-10(2)11-7-8-12(14(3,4)5)13(9-11)15-6;1-9(2)11-6-7-12(15-10(3)4)13(8-11)14-5;1-9(2)11-6-7-12(14-5)13(8-11)15-10(3)4;1-8(2)9-4-6-10(7-5-9)16-17(14,15)11(3,12)13/h6-7,10-11,16H,8-9H2,1-5H3;4-11H,1-3H3;7-10H,1-6H3;6-9H,3H2,1-2,4-5H3;6-10H,1-5H3;4-8H,1-3H3. The molecule has 0 aliphatic rings. The van der Waals surface area contributed by atoms with Crippen molar-refractivity contribution in [3.63, 3.8) is 0 Å². The molecule has 0 amide bonds. The van der Waals surface area contributed by atoms with Crippen molar-refractivity contribution in [3.8, 4) is 34.5 Å². The molecule has 1 N–H and O–H groups in total. The monoisotopic (exact) mass is 1400 g/mol. The van der Waals surface area contributed by atoms with E-state index in [1.165, 1.54) is 66.7 Å². The smallest absolute Gasteiger partial charge is 0.377 e. The van der Waals surface area contributed by atoms with Gasteiger partial charge in [0, 0.05) is 14.0 Å². The Balaban J connectivity index is 0.000000397. The zero-order valence-electron chi connectivity index (χ0n) is 62.9. The van der Waals surface area contributed by atoms with Crippen molar-refractivity contribution in [3.05, 3.63) is 201 Å². The van der Waals surface area contributed by atoms with Gasteiger partial charge in [0.05, 0.1) is 43.7 Å². The number of aryl methyl sites for hydroxylation is 2. The molecule has 17 heteroatoms. The molecule has 7 aromatic rings. The molecule has 538 valence electrons. The third kappa shape index (κ3) is 29.2. The van der Waals surface area contributed by atoms with Crippen molar-refractivity contribution >= 4 is 36.5 Å². The third-order valence-corrected chi connectivity index (χ3v) is 19.4. The number of anilines is 1. The van der Waals surface area contributed by atoms with Gasteiger partial charge in [-0.05, 0) is 217 Å². The summed E-state index contributed by atoms with van der Waals surface area (Å²) in [4.78, 5) is 0.327. The van der Waals surface area contributed by atoms with E-state index < -0.39 is 31.0 Å². The van der Waals surface area contributed by atoms with Crippen LogP contribution in [0.3, 0.4) is 0 Å². The topological polar surface area (TPSA) is 147 Å². The van der Waals surface area contributed by atoms with Crippen molar-refractivity contribution < 1.29 is 58.6 Å². The van der Waals surface area contributed by atoms with E-state index in [1.807, 2.05) is 96.3 Å². The molecule has 0 spiro atoms. The Bertz CT molecular complexity index is 3710. The fourth-order valence-electron chi connectivity index (χ4n) is 9.06. The van der Waals surface area contributed by atoms with Crippen LogP contribution in [0.25, 0.3) is 0 Å². The van der Waals surface area contributed by atoms with Crippen LogP contribution in [0.5, 0.6) is 34.5 Å². The van der Waals surface area contributed by atoms with E-state index >= 15 is 0 Å². The lowest BCUT2D eigenvalue weighted by Gasteiger charge is -2.23. The van der Waals surface area contributed by atoms with Gasteiger partial charge in [-0.3, -0.25) is 4.31 Å². The minimum Gasteiger partial charge on any atom is -0.496 e. The number of ether oxygens (including phenoxy) is 5. The zero-order valence-corrected chi connectivity index (χ0v) is 65.3. The highest BCUT2D eigenvalue weighted by Gasteiger charge is 2.42. The van der Waals surface area contributed by atoms with E-state index in [1.54, 1.807) is 58.7 Å². The lowest BCUT2D eigenvalue weighted by Crippen LogP contribution is -2.29. The van der Waals surface area contributed by atoms with Crippen LogP contribution in [-0.2, 0) is 32.0 Å². The van der Waals surface area contributed by atoms with Crippen LogP contribution < -0.4 is 32.2 Å². The Morgan fingerprint density at radius 2 is 0.959 bits per heavy atom. The first-order valence-electron chi connectivity index (χ1n) is 33.2. The molecule has 0 unspecified atom stereocenters. The van der Waals surface area contributed by atoms with Crippen LogP contribution in [0.1, 0.15) is 237 Å². The van der Waals surface area contributed by atoms with Gasteiger partial charge < -0.3 is 33.0 Å². The molecule has 97 heavy (non-hydrogen) atoms. The Hall–Kier alpha value is -6.92. The summed E-state index contributed by atoms with van der Waals surface area (Å²) in [6.45, 7) is 47.9. The van der Waals surface area contributed by atoms with Crippen LogP contribution >= 0.6 is 11.3 Å². The molecule has 7 rings (SSSR count). The molecule has 0 bridgehead atoms. The molecule has 1 aromatic heterocycles. The fraction of sp³-hybridized carbons (Fsp3) is 0.475. The van der Waals surface area contributed by atoms with Crippen molar-refractivity contribution in [1.82, 2.24) is 0 Å². The predicted molar refractivity (Wildman–Crippen MR) is 402 cm³/mol. The number of hydrogen-bond donors (Lipinski definition) is 1. The summed E-state index contributed by atoms with van der Waals surface area (Å²) >= 11 is 1.41. The number of benzene rings is 6. The highest BCUT2D eigenvalue weighted by molar-refractivity contribution is 7.93. The van der Waals surface area contributed by atoms with Gasteiger partial charge in [0.25, 0.3) is 10.0 Å². The molecular weight excluding hydrogens is 1290 g/mol. The van der Waals surface area contributed by atoms with E-state index in [2.05, 4.69) is 156 Å². The number of sulfonamides is 1. The number of nitrogens with zero attached hydrogens (tertiary/aromatic N) is 1. The van der Waals surface area contributed by atoms with Crippen molar-refractivity contribution in [2.45, 2.75) is 228 Å². The summed E-state index contributed by atoms with van der Waals surface area (Å²) < 4.78 is 105. The molecule has 6 aromatic carbocycles. The normalized spacial score (nSPS) is 11.7. The van der Waals surface area contributed by atoms with E-state index in [0.717, 1.165) is 52.7 Å². The van der Waals surface area contributed by atoms with Gasteiger partial charge in [0.2, 0.25) is 0 Å². The first-order valence-corrected chi connectivity index (χ1v) is 36.9.